The Balaban J connectivity index is 1.52. The van der Waals surface area contributed by atoms with Crippen LogP contribution in [-0.4, -0.2) is 25.5 Å². The molecule has 2 amide bonds. The van der Waals surface area contributed by atoms with E-state index < -0.39 is 0 Å². The summed E-state index contributed by atoms with van der Waals surface area (Å²) in [6, 6.07) is 20.7. The number of nitrogens with one attached hydrogen (secondary N) is 3. The van der Waals surface area contributed by atoms with Crippen molar-refractivity contribution in [2.75, 3.05) is 29.7 Å². The van der Waals surface area contributed by atoms with Crippen LogP contribution in [0.4, 0.5) is 17.1 Å². The molecule has 0 radical (unpaired) electrons. The van der Waals surface area contributed by atoms with Crippen LogP contribution in [0.5, 0.6) is 11.5 Å². The van der Waals surface area contributed by atoms with Gasteiger partial charge in [-0.1, -0.05) is 37.6 Å². The number of aryl methyl sites for hydroxylation is 1. The van der Waals surface area contributed by atoms with Crippen LogP contribution in [0.15, 0.2) is 66.7 Å². The van der Waals surface area contributed by atoms with Gasteiger partial charge in [0.1, 0.15) is 0 Å². The van der Waals surface area contributed by atoms with E-state index in [0.717, 1.165) is 28.2 Å². The van der Waals surface area contributed by atoms with Crippen LogP contribution in [0.3, 0.4) is 0 Å². The quantitative estimate of drug-likeness (QED) is 0.385. The molecule has 3 rings (SSSR count). The second-order valence-corrected chi connectivity index (χ2v) is 8.26. The highest BCUT2D eigenvalue weighted by molar-refractivity contribution is 5.92. The van der Waals surface area contributed by atoms with Gasteiger partial charge in [0.15, 0.2) is 18.1 Å². The lowest BCUT2D eigenvalue weighted by atomic mass is 10.2. The molecule has 178 valence electrons. The Labute approximate surface area is 200 Å². The Bertz CT molecular complexity index is 1110. The van der Waals surface area contributed by atoms with E-state index in [4.69, 9.17) is 9.47 Å². The molecule has 0 saturated heterocycles. The van der Waals surface area contributed by atoms with E-state index in [2.05, 4.69) is 16.0 Å². The van der Waals surface area contributed by atoms with E-state index in [9.17, 15) is 9.59 Å². The first-order chi connectivity index (χ1) is 16.3. The van der Waals surface area contributed by atoms with Crippen LogP contribution in [-0.2, 0) is 16.1 Å². The van der Waals surface area contributed by atoms with Crippen molar-refractivity contribution in [2.45, 2.75) is 27.3 Å². The third-order valence-electron chi connectivity index (χ3n) is 5.10. The number of carbonyl (C=O) groups excluding carboxylic acids is 2. The Morgan fingerprint density at radius 3 is 2.09 bits per heavy atom. The standard InChI is InChI=1S/C27H31N3O4/c1-18(2)27(32)30-23-12-10-21(11-13-23)28-16-20-7-14-24(25(15-20)33-4)34-17-26(31)29-22-8-5-19(3)6-9-22/h5-15,18,28H,16-17H2,1-4H3,(H,29,31)(H,30,32). The summed E-state index contributed by atoms with van der Waals surface area (Å²) in [6.07, 6.45) is 0. The van der Waals surface area contributed by atoms with E-state index in [0.29, 0.717) is 18.0 Å². The fourth-order valence-electron chi connectivity index (χ4n) is 3.08. The van der Waals surface area contributed by atoms with Gasteiger partial charge in [-0.2, -0.15) is 0 Å². The molecule has 3 N–H and O–H groups in total. The molecule has 7 heteroatoms. The molecule has 0 aliphatic rings. The van der Waals surface area contributed by atoms with E-state index in [1.807, 2.05) is 81.4 Å². The second-order valence-electron chi connectivity index (χ2n) is 8.26. The molecule has 0 bridgehead atoms. The van der Waals surface area contributed by atoms with E-state index in [1.165, 1.54) is 0 Å². The van der Waals surface area contributed by atoms with Crippen LogP contribution >= 0.6 is 0 Å². The van der Waals surface area contributed by atoms with Crippen molar-refractivity contribution in [1.29, 1.82) is 0 Å². The molecule has 0 spiro atoms. The van der Waals surface area contributed by atoms with Gasteiger partial charge in [0, 0.05) is 29.5 Å². The normalized spacial score (nSPS) is 10.5. The minimum Gasteiger partial charge on any atom is -0.493 e. The molecule has 0 fully saturated rings. The number of methoxy groups -OCH3 is 1. The fraction of sp³-hybridized carbons (Fsp3) is 0.259. The summed E-state index contributed by atoms with van der Waals surface area (Å²) in [4.78, 5) is 24.0. The first kappa shape index (κ1) is 24.6. The largest absolute Gasteiger partial charge is 0.493 e. The lowest BCUT2D eigenvalue weighted by Gasteiger charge is -2.13. The lowest BCUT2D eigenvalue weighted by molar-refractivity contribution is -0.119. The summed E-state index contributed by atoms with van der Waals surface area (Å²) in [5.41, 5.74) is 4.53. The number of carbonyl (C=O) groups is 2. The number of ether oxygens (including phenoxy) is 2. The first-order valence-corrected chi connectivity index (χ1v) is 11.1. The monoisotopic (exact) mass is 461 g/mol. The smallest absolute Gasteiger partial charge is 0.262 e. The van der Waals surface area contributed by atoms with Gasteiger partial charge in [0.25, 0.3) is 5.91 Å². The van der Waals surface area contributed by atoms with Crippen LogP contribution in [0.25, 0.3) is 0 Å². The Morgan fingerprint density at radius 1 is 0.824 bits per heavy atom. The third-order valence-corrected chi connectivity index (χ3v) is 5.10. The van der Waals surface area contributed by atoms with Gasteiger partial charge in [-0.25, -0.2) is 0 Å². The van der Waals surface area contributed by atoms with Crippen LogP contribution < -0.4 is 25.4 Å². The van der Waals surface area contributed by atoms with Crippen molar-refractivity contribution in [3.8, 4) is 11.5 Å². The topological polar surface area (TPSA) is 88.7 Å². The van der Waals surface area contributed by atoms with Gasteiger partial charge >= 0.3 is 0 Å². The number of hydrogen-bond donors (Lipinski definition) is 3. The van der Waals surface area contributed by atoms with Crippen molar-refractivity contribution in [3.63, 3.8) is 0 Å². The predicted octanol–water partition coefficient (Wildman–Crippen LogP) is 5.23. The minimum atomic E-state index is -0.246. The SMILES string of the molecule is COc1cc(CNc2ccc(NC(=O)C(C)C)cc2)ccc1OCC(=O)Nc1ccc(C)cc1. The zero-order valence-electron chi connectivity index (χ0n) is 20.0. The minimum absolute atomic E-state index is 0.0113. The summed E-state index contributed by atoms with van der Waals surface area (Å²) < 4.78 is 11.1. The highest BCUT2D eigenvalue weighted by Crippen LogP contribution is 2.28. The number of benzene rings is 3. The second kappa shape index (κ2) is 11.7. The van der Waals surface area contributed by atoms with Crippen molar-refractivity contribution in [3.05, 3.63) is 77.9 Å². The summed E-state index contributed by atoms with van der Waals surface area (Å²) in [6.45, 7) is 6.15. The van der Waals surface area contributed by atoms with E-state index in [-0.39, 0.29) is 24.3 Å². The summed E-state index contributed by atoms with van der Waals surface area (Å²) in [7, 11) is 1.57. The number of anilines is 3. The van der Waals surface area contributed by atoms with Crippen LogP contribution in [0, 0.1) is 12.8 Å². The zero-order valence-corrected chi connectivity index (χ0v) is 20.0. The highest BCUT2D eigenvalue weighted by Gasteiger charge is 2.10. The molecule has 0 aliphatic heterocycles. The molecule has 0 aliphatic carbocycles. The first-order valence-electron chi connectivity index (χ1n) is 11.1. The summed E-state index contributed by atoms with van der Waals surface area (Å²) >= 11 is 0. The molecular weight excluding hydrogens is 430 g/mol. The number of hydrogen-bond acceptors (Lipinski definition) is 5. The predicted molar refractivity (Wildman–Crippen MR) is 136 cm³/mol. The van der Waals surface area contributed by atoms with Crippen molar-refractivity contribution in [2.24, 2.45) is 5.92 Å². The lowest BCUT2D eigenvalue weighted by Crippen LogP contribution is -2.20. The van der Waals surface area contributed by atoms with Crippen molar-refractivity contribution in [1.82, 2.24) is 0 Å². The average molecular weight is 462 g/mol. The molecular formula is C27H31N3O4. The summed E-state index contributed by atoms with van der Waals surface area (Å²) in [5.74, 6) is 0.722. The van der Waals surface area contributed by atoms with E-state index in [1.54, 1.807) is 13.2 Å². The van der Waals surface area contributed by atoms with Crippen molar-refractivity contribution < 1.29 is 19.1 Å². The molecule has 0 atom stereocenters. The Hall–Kier alpha value is -4.00. The number of rotatable bonds is 10. The van der Waals surface area contributed by atoms with Gasteiger partial charge in [-0.15, -0.1) is 0 Å². The molecule has 34 heavy (non-hydrogen) atoms. The maximum atomic E-state index is 12.2. The summed E-state index contributed by atoms with van der Waals surface area (Å²) in [5, 5.41) is 9.03. The maximum Gasteiger partial charge on any atom is 0.262 e. The van der Waals surface area contributed by atoms with E-state index >= 15 is 0 Å². The molecule has 0 saturated carbocycles. The van der Waals surface area contributed by atoms with Gasteiger partial charge < -0.3 is 25.4 Å². The van der Waals surface area contributed by atoms with Gasteiger partial charge in [-0.05, 0) is 61.0 Å². The van der Waals surface area contributed by atoms with Crippen LogP contribution in [0.2, 0.25) is 0 Å². The molecule has 0 unspecified atom stereocenters. The molecule has 7 nitrogen and oxygen atoms in total. The van der Waals surface area contributed by atoms with Gasteiger partial charge in [-0.3, -0.25) is 9.59 Å². The Morgan fingerprint density at radius 2 is 1.44 bits per heavy atom. The molecule has 0 heterocycles. The van der Waals surface area contributed by atoms with Gasteiger partial charge in [0.05, 0.1) is 7.11 Å². The molecule has 3 aromatic rings. The zero-order chi connectivity index (χ0) is 24.5. The van der Waals surface area contributed by atoms with Gasteiger partial charge in [0.2, 0.25) is 5.91 Å². The maximum absolute atomic E-state index is 12.2. The average Bonchev–Trinajstić information content (AvgIpc) is 2.83. The molecule has 3 aromatic carbocycles. The van der Waals surface area contributed by atoms with Crippen LogP contribution in [0.1, 0.15) is 25.0 Å². The number of amides is 2. The molecule has 0 aromatic heterocycles. The van der Waals surface area contributed by atoms with Crippen molar-refractivity contribution >= 4 is 28.9 Å². The fourth-order valence-corrected chi connectivity index (χ4v) is 3.08. The highest BCUT2D eigenvalue weighted by atomic mass is 16.5. The Kier molecular flexibility index (Phi) is 8.51. The third kappa shape index (κ3) is 7.27.